The number of nitrogens with zero attached hydrogens (tertiary/aromatic N) is 3. The van der Waals surface area contributed by atoms with Crippen molar-refractivity contribution >= 4 is 56.0 Å². The molecule has 0 spiro atoms. The lowest BCUT2D eigenvalue weighted by atomic mass is 10.0. The van der Waals surface area contributed by atoms with Crippen molar-refractivity contribution in [3.8, 4) is 0 Å². The number of benzene rings is 1. The summed E-state index contributed by atoms with van der Waals surface area (Å²) in [4.78, 5) is 10.4. The predicted octanol–water partition coefficient (Wildman–Crippen LogP) is 4.92. The normalized spacial score (nSPS) is 21.7. The maximum atomic E-state index is 5.79. The first-order valence-electron chi connectivity index (χ1n) is 9.89. The van der Waals surface area contributed by atoms with E-state index in [1.54, 1.807) is 11.3 Å². The second-order valence-electron chi connectivity index (χ2n) is 7.25. The molecule has 0 amide bonds. The Bertz CT molecular complexity index is 1020. The lowest BCUT2D eigenvalue weighted by molar-refractivity contribution is 0.122. The molecule has 5 rings (SSSR count). The molecule has 8 heteroatoms. The highest BCUT2D eigenvalue weighted by Crippen LogP contribution is 2.44. The molecule has 5 nitrogen and oxygen atoms in total. The van der Waals surface area contributed by atoms with E-state index in [-0.39, 0.29) is 12.1 Å². The molecule has 30 heavy (non-hydrogen) atoms. The Labute approximate surface area is 193 Å². The first-order chi connectivity index (χ1) is 14.7. The number of morpholine rings is 1. The van der Waals surface area contributed by atoms with Crippen LogP contribution >= 0.6 is 39.5 Å². The highest BCUT2D eigenvalue weighted by Gasteiger charge is 2.41. The van der Waals surface area contributed by atoms with Crippen molar-refractivity contribution in [1.29, 1.82) is 0 Å². The van der Waals surface area contributed by atoms with Crippen LogP contribution in [0.4, 0.5) is 11.4 Å². The molecule has 2 aromatic heterocycles. The minimum absolute atomic E-state index is 0.0110. The largest absolute Gasteiger partial charge is 0.378 e. The fourth-order valence-corrected chi connectivity index (χ4v) is 5.95. The molecule has 0 aliphatic carbocycles. The molecule has 2 fully saturated rings. The Kier molecular flexibility index (Phi) is 5.73. The van der Waals surface area contributed by atoms with E-state index in [1.165, 1.54) is 10.6 Å². The van der Waals surface area contributed by atoms with E-state index in [4.69, 9.17) is 17.0 Å². The van der Waals surface area contributed by atoms with Gasteiger partial charge < -0.3 is 19.9 Å². The number of aromatic nitrogens is 1. The summed E-state index contributed by atoms with van der Waals surface area (Å²) >= 11 is 11.1. The molecule has 2 atom stereocenters. The Morgan fingerprint density at radius 2 is 1.80 bits per heavy atom. The smallest absolute Gasteiger partial charge is 0.174 e. The van der Waals surface area contributed by atoms with E-state index >= 15 is 0 Å². The minimum Gasteiger partial charge on any atom is -0.378 e. The van der Waals surface area contributed by atoms with Crippen molar-refractivity contribution in [3.63, 3.8) is 0 Å². The number of pyridine rings is 1. The van der Waals surface area contributed by atoms with Gasteiger partial charge in [0.15, 0.2) is 5.11 Å². The highest BCUT2D eigenvalue weighted by molar-refractivity contribution is 9.11. The van der Waals surface area contributed by atoms with Crippen LogP contribution in [0.3, 0.4) is 0 Å². The lowest BCUT2D eigenvalue weighted by Crippen LogP contribution is -2.36. The number of nitrogens with one attached hydrogen (secondary N) is 1. The van der Waals surface area contributed by atoms with Crippen molar-refractivity contribution < 1.29 is 4.74 Å². The average Bonchev–Trinajstić information content (AvgIpc) is 3.38. The molecule has 154 valence electrons. The van der Waals surface area contributed by atoms with Gasteiger partial charge in [-0.05, 0) is 76.7 Å². The maximum Gasteiger partial charge on any atom is 0.174 e. The Hall–Kier alpha value is -2.00. The highest BCUT2D eigenvalue weighted by atomic mass is 79.9. The van der Waals surface area contributed by atoms with Gasteiger partial charge in [0.2, 0.25) is 0 Å². The maximum absolute atomic E-state index is 5.79. The van der Waals surface area contributed by atoms with Crippen LogP contribution in [0.15, 0.2) is 64.6 Å². The molecular formula is C22H21BrN4OS2. The van der Waals surface area contributed by atoms with Crippen LogP contribution < -0.4 is 15.1 Å². The van der Waals surface area contributed by atoms with Crippen LogP contribution in [-0.2, 0) is 4.74 Å². The topological polar surface area (TPSA) is 40.6 Å². The minimum atomic E-state index is -0.0110. The molecule has 0 radical (unpaired) electrons. The van der Waals surface area contributed by atoms with Gasteiger partial charge >= 0.3 is 0 Å². The third-order valence-corrected chi connectivity index (χ3v) is 7.50. The summed E-state index contributed by atoms with van der Waals surface area (Å²) in [5, 5.41) is 4.24. The SMILES string of the molecule is S=C1N[C@H](c2ccccn2)[C@H](c2ccc(Br)s2)N1c1ccc(N2CCOCC2)cc1. The molecule has 1 N–H and O–H groups in total. The monoisotopic (exact) mass is 500 g/mol. The van der Waals surface area contributed by atoms with Gasteiger partial charge in [-0.25, -0.2) is 0 Å². The number of thiocarbonyl (C=S) groups is 1. The zero-order valence-corrected chi connectivity index (χ0v) is 19.4. The van der Waals surface area contributed by atoms with Gasteiger partial charge in [-0.1, -0.05) is 6.07 Å². The van der Waals surface area contributed by atoms with Gasteiger partial charge in [-0.15, -0.1) is 11.3 Å². The predicted molar refractivity (Wildman–Crippen MR) is 129 cm³/mol. The van der Waals surface area contributed by atoms with Crippen molar-refractivity contribution in [3.05, 3.63) is 75.2 Å². The third kappa shape index (κ3) is 3.85. The van der Waals surface area contributed by atoms with Crippen LogP contribution in [0.2, 0.25) is 0 Å². The van der Waals surface area contributed by atoms with Crippen LogP contribution in [0.5, 0.6) is 0 Å². The van der Waals surface area contributed by atoms with E-state index in [0.717, 1.165) is 46.6 Å². The van der Waals surface area contributed by atoms with Crippen LogP contribution in [0, 0.1) is 0 Å². The molecule has 4 heterocycles. The number of rotatable bonds is 4. The Balaban J connectivity index is 1.50. The first kappa shape index (κ1) is 19.9. The Morgan fingerprint density at radius 1 is 1.03 bits per heavy atom. The van der Waals surface area contributed by atoms with Gasteiger partial charge in [0, 0.05) is 35.5 Å². The molecule has 2 aliphatic heterocycles. The van der Waals surface area contributed by atoms with Crippen molar-refractivity contribution in [2.75, 3.05) is 36.1 Å². The van der Waals surface area contributed by atoms with Gasteiger partial charge in [0.05, 0.1) is 34.8 Å². The molecule has 2 aliphatic rings. The summed E-state index contributed by atoms with van der Waals surface area (Å²) in [6.45, 7) is 3.42. The number of anilines is 2. The van der Waals surface area contributed by atoms with E-state index in [9.17, 15) is 0 Å². The average molecular weight is 501 g/mol. The number of thiophene rings is 1. The fraction of sp³-hybridized carbons (Fsp3) is 0.273. The molecule has 1 aromatic carbocycles. The number of hydrogen-bond donors (Lipinski definition) is 1. The van der Waals surface area contributed by atoms with Gasteiger partial charge in [0.1, 0.15) is 0 Å². The van der Waals surface area contributed by atoms with Gasteiger partial charge in [-0.3, -0.25) is 4.98 Å². The fourth-order valence-electron chi connectivity index (χ4n) is 4.05. The van der Waals surface area contributed by atoms with Gasteiger partial charge in [-0.2, -0.15) is 0 Å². The van der Waals surface area contributed by atoms with Crippen LogP contribution in [0.25, 0.3) is 0 Å². The molecule has 0 saturated carbocycles. The molecule has 3 aromatic rings. The second kappa shape index (κ2) is 8.63. The standard InChI is InChI=1S/C22H21BrN4OS2/c23-19-9-8-18(30-19)21-20(17-3-1-2-10-24-17)25-22(29)27(21)16-6-4-15(5-7-16)26-11-13-28-14-12-26/h1-10,20-21H,11-14H2,(H,25,29)/t20-,21+/m1/s1. The van der Waals surface area contributed by atoms with E-state index in [2.05, 4.69) is 78.5 Å². The summed E-state index contributed by atoms with van der Waals surface area (Å²) in [7, 11) is 0. The zero-order valence-electron chi connectivity index (χ0n) is 16.2. The zero-order chi connectivity index (χ0) is 20.5. The number of halogens is 1. The number of hydrogen-bond acceptors (Lipinski definition) is 5. The lowest BCUT2D eigenvalue weighted by Gasteiger charge is -2.30. The van der Waals surface area contributed by atoms with E-state index in [0.29, 0.717) is 0 Å². The molecule has 0 bridgehead atoms. The van der Waals surface area contributed by atoms with E-state index in [1.807, 2.05) is 18.3 Å². The second-order valence-corrected chi connectivity index (χ2v) is 10.1. The van der Waals surface area contributed by atoms with E-state index < -0.39 is 0 Å². The summed E-state index contributed by atoms with van der Waals surface area (Å²) in [6.07, 6.45) is 1.83. The molecular weight excluding hydrogens is 480 g/mol. The van der Waals surface area contributed by atoms with Crippen molar-refractivity contribution in [1.82, 2.24) is 10.3 Å². The molecule has 0 unspecified atom stereocenters. The van der Waals surface area contributed by atoms with Gasteiger partial charge in [0.25, 0.3) is 0 Å². The molecule has 2 saturated heterocycles. The number of ether oxygens (including phenoxy) is 1. The summed E-state index contributed by atoms with van der Waals surface area (Å²) in [6, 6.07) is 19.0. The van der Waals surface area contributed by atoms with Crippen LogP contribution in [-0.4, -0.2) is 36.4 Å². The van der Waals surface area contributed by atoms with Crippen molar-refractivity contribution in [2.45, 2.75) is 12.1 Å². The van der Waals surface area contributed by atoms with Crippen molar-refractivity contribution in [2.24, 2.45) is 0 Å². The third-order valence-electron chi connectivity index (χ3n) is 5.49. The Morgan fingerprint density at radius 3 is 2.47 bits per heavy atom. The first-order valence-corrected chi connectivity index (χ1v) is 11.9. The summed E-state index contributed by atoms with van der Waals surface area (Å²) in [5.74, 6) is 0. The summed E-state index contributed by atoms with van der Waals surface area (Å²) < 4.78 is 6.58. The van der Waals surface area contributed by atoms with Crippen LogP contribution in [0.1, 0.15) is 22.7 Å². The summed E-state index contributed by atoms with van der Waals surface area (Å²) in [5.41, 5.74) is 3.29. The quantitative estimate of drug-likeness (QED) is 0.512.